The fourth-order valence-corrected chi connectivity index (χ4v) is 3.61. The fourth-order valence-electron chi connectivity index (χ4n) is 2.68. The lowest BCUT2D eigenvalue weighted by atomic mass is 10.1. The minimum absolute atomic E-state index is 0.0139. The van der Waals surface area contributed by atoms with E-state index in [1.165, 1.54) is 24.8 Å². The second-order valence-electron chi connectivity index (χ2n) is 6.29. The Balaban J connectivity index is 2.20. The van der Waals surface area contributed by atoms with Gasteiger partial charge in [0.05, 0.1) is 6.54 Å². The van der Waals surface area contributed by atoms with Crippen LogP contribution >= 0.6 is 11.8 Å². The van der Waals surface area contributed by atoms with E-state index in [4.69, 9.17) is 5.73 Å². The van der Waals surface area contributed by atoms with E-state index < -0.39 is 29.3 Å². The second-order valence-corrected chi connectivity index (χ2v) is 7.36. The number of aryl methyl sites for hydroxylation is 1. The summed E-state index contributed by atoms with van der Waals surface area (Å²) in [5, 5.41) is 0.323. The van der Waals surface area contributed by atoms with Crippen LogP contribution in [-0.4, -0.2) is 25.3 Å². The van der Waals surface area contributed by atoms with E-state index in [1.807, 2.05) is 6.92 Å². The van der Waals surface area contributed by atoms with Gasteiger partial charge in [-0.25, -0.2) is 18.7 Å². The smallest absolute Gasteiger partial charge is 0.318 e. The number of hydrogen-bond acceptors (Lipinski definition) is 6. The number of nitrogens with two attached hydrogens (primary N) is 1. The van der Waals surface area contributed by atoms with Gasteiger partial charge in [-0.2, -0.15) is 0 Å². The van der Waals surface area contributed by atoms with Gasteiger partial charge in [-0.15, -0.1) is 0 Å². The number of aromatic nitrogens is 4. The van der Waals surface area contributed by atoms with Crippen molar-refractivity contribution < 1.29 is 8.78 Å². The molecule has 0 amide bonds. The van der Waals surface area contributed by atoms with Crippen molar-refractivity contribution in [3.63, 3.8) is 0 Å². The van der Waals surface area contributed by atoms with Crippen molar-refractivity contribution in [1.82, 2.24) is 19.5 Å². The Morgan fingerprint density at radius 2 is 2.00 bits per heavy atom. The maximum absolute atomic E-state index is 14.4. The highest BCUT2D eigenvalue weighted by Crippen LogP contribution is 2.22. The molecule has 28 heavy (non-hydrogen) atoms. The number of nitrogens with zero attached hydrogens (tertiary/aromatic N) is 3. The van der Waals surface area contributed by atoms with Crippen molar-refractivity contribution >= 4 is 28.7 Å². The Hall–Kier alpha value is -2.75. The molecule has 0 bridgehead atoms. The number of rotatable bonds is 6. The first-order valence-electron chi connectivity index (χ1n) is 8.70. The summed E-state index contributed by atoms with van der Waals surface area (Å²) in [6, 6.07) is 2.42. The molecule has 3 N–H and O–H groups in total. The van der Waals surface area contributed by atoms with Crippen LogP contribution in [0.2, 0.25) is 0 Å². The highest BCUT2D eigenvalue weighted by Gasteiger charge is 2.18. The highest BCUT2D eigenvalue weighted by molar-refractivity contribution is 7.99. The molecule has 0 saturated heterocycles. The molecule has 148 valence electrons. The molecule has 0 aliphatic heterocycles. The van der Waals surface area contributed by atoms with Crippen LogP contribution in [0, 0.1) is 18.6 Å². The van der Waals surface area contributed by atoms with Crippen LogP contribution in [-0.2, 0) is 6.54 Å². The largest absolute Gasteiger partial charge is 0.382 e. The van der Waals surface area contributed by atoms with E-state index >= 15 is 0 Å². The van der Waals surface area contributed by atoms with Crippen molar-refractivity contribution in [2.24, 2.45) is 0 Å². The molecule has 0 unspecified atom stereocenters. The van der Waals surface area contributed by atoms with Crippen LogP contribution in [0.4, 0.5) is 14.6 Å². The number of aromatic amines is 1. The SMILES string of the molecule is CCCCSc1nc(N)c2[nH]c(=O)c(=O)n(Cc3c(F)ccc(C)c3F)c2n1. The standard InChI is InChI=1S/C18H19F2N5O2S/c1-3-4-7-28-18-23-14(21)13-15(24-18)25(17(27)16(26)22-13)8-10-11(19)6-5-9(2)12(10)20/h5-6H,3-4,7-8H2,1-2H3,(H,22,26)(H2,21,23,24). The number of thioether (sulfide) groups is 1. The number of benzene rings is 1. The molecule has 3 aromatic rings. The molecule has 0 saturated carbocycles. The number of unbranched alkanes of at least 4 members (excludes halogenated alkanes) is 1. The van der Waals surface area contributed by atoms with Crippen molar-refractivity contribution in [1.29, 1.82) is 0 Å². The van der Waals surface area contributed by atoms with Crippen LogP contribution in [0.1, 0.15) is 30.9 Å². The Labute approximate surface area is 163 Å². The first-order valence-corrected chi connectivity index (χ1v) is 9.68. The molecule has 0 aliphatic rings. The predicted molar refractivity (Wildman–Crippen MR) is 105 cm³/mol. The predicted octanol–water partition coefficient (Wildman–Crippen LogP) is 2.59. The number of H-pyrrole nitrogens is 1. The van der Waals surface area contributed by atoms with Gasteiger partial charge in [-0.05, 0) is 25.0 Å². The first-order chi connectivity index (χ1) is 13.3. The lowest BCUT2D eigenvalue weighted by Crippen LogP contribution is -2.37. The molecule has 3 rings (SSSR count). The van der Waals surface area contributed by atoms with Crippen LogP contribution in [0.3, 0.4) is 0 Å². The first kappa shape index (κ1) is 20.0. The average Bonchev–Trinajstić information content (AvgIpc) is 2.66. The third-order valence-electron chi connectivity index (χ3n) is 4.26. The average molecular weight is 407 g/mol. The Morgan fingerprint density at radius 1 is 1.25 bits per heavy atom. The maximum Gasteiger partial charge on any atom is 0.318 e. The zero-order chi connectivity index (χ0) is 20.4. The number of halogens is 2. The summed E-state index contributed by atoms with van der Waals surface area (Å²) in [6.45, 7) is 3.04. The summed E-state index contributed by atoms with van der Waals surface area (Å²) in [7, 11) is 0. The summed E-state index contributed by atoms with van der Waals surface area (Å²) in [5.74, 6) is -0.862. The van der Waals surface area contributed by atoms with Crippen LogP contribution in [0.25, 0.3) is 11.2 Å². The molecule has 0 atom stereocenters. The van der Waals surface area contributed by atoms with Gasteiger partial charge in [0.15, 0.2) is 16.6 Å². The molecule has 10 heteroatoms. The van der Waals surface area contributed by atoms with Crippen molar-refractivity contribution in [2.75, 3.05) is 11.5 Å². The number of hydrogen-bond donors (Lipinski definition) is 2. The van der Waals surface area contributed by atoms with Crippen LogP contribution in [0.5, 0.6) is 0 Å². The van der Waals surface area contributed by atoms with Crippen molar-refractivity contribution in [3.05, 3.63) is 55.6 Å². The van der Waals surface area contributed by atoms with Gasteiger partial charge in [-0.1, -0.05) is 31.2 Å². The molecule has 0 fully saturated rings. The van der Waals surface area contributed by atoms with Gasteiger partial charge in [-0.3, -0.25) is 14.2 Å². The van der Waals surface area contributed by atoms with E-state index in [1.54, 1.807) is 0 Å². The van der Waals surface area contributed by atoms with Gasteiger partial charge in [0.1, 0.15) is 17.2 Å². The molecule has 0 aliphatic carbocycles. The molecular formula is C18H19F2N5O2S. The van der Waals surface area contributed by atoms with Gasteiger partial charge < -0.3 is 10.7 Å². The number of anilines is 1. The fraction of sp³-hybridized carbons (Fsp3) is 0.333. The quantitative estimate of drug-likeness (QED) is 0.282. The minimum Gasteiger partial charge on any atom is -0.382 e. The zero-order valence-corrected chi connectivity index (χ0v) is 16.2. The van der Waals surface area contributed by atoms with Crippen LogP contribution in [0.15, 0.2) is 26.9 Å². The summed E-state index contributed by atoms with van der Waals surface area (Å²) in [4.78, 5) is 35.3. The number of nitrogen functional groups attached to an aromatic ring is 1. The van der Waals surface area contributed by atoms with Gasteiger partial charge >= 0.3 is 11.1 Å². The topological polar surface area (TPSA) is 107 Å². The minimum atomic E-state index is -0.976. The van der Waals surface area contributed by atoms with Gasteiger partial charge in [0.25, 0.3) is 0 Å². The summed E-state index contributed by atoms with van der Waals surface area (Å²) >= 11 is 1.35. The second kappa shape index (κ2) is 8.09. The third kappa shape index (κ3) is 3.77. The third-order valence-corrected chi connectivity index (χ3v) is 5.19. The highest BCUT2D eigenvalue weighted by atomic mass is 32.2. The summed E-state index contributed by atoms with van der Waals surface area (Å²) in [6.07, 6.45) is 1.92. The van der Waals surface area contributed by atoms with Gasteiger partial charge in [0, 0.05) is 11.3 Å². The zero-order valence-electron chi connectivity index (χ0n) is 15.4. The van der Waals surface area contributed by atoms with Crippen LogP contribution < -0.4 is 16.9 Å². The van der Waals surface area contributed by atoms with Gasteiger partial charge in [0.2, 0.25) is 0 Å². The normalized spacial score (nSPS) is 11.3. The molecule has 7 nitrogen and oxygen atoms in total. The lowest BCUT2D eigenvalue weighted by molar-refractivity contribution is 0.538. The van der Waals surface area contributed by atoms with E-state index in [2.05, 4.69) is 15.0 Å². The summed E-state index contributed by atoms with van der Waals surface area (Å²) in [5.41, 5.74) is 3.96. The van der Waals surface area contributed by atoms with E-state index in [9.17, 15) is 18.4 Å². The van der Waals surface area contributed by atoms with E-state index in [-0.39, 0.29) is 28.1 Å². The lowest BCUT2D eigenvalue weighted by Gasteiger charge is -2.13. The van der Waals surface area contributed by atoms with E-state index in [0.717, 1.165) is 29.2 Å². The molecular weight excluding hydrogens is 388 g/mol. The Bertz CT molecular complexity index is 1160. The number of nitrogens with one attached hydrogen (secondary N) is 1. The monoisotopic (exact) mass is 407 g/mol. The molecule has 2 aromatic heterocycles. The Morgan fingerprint density at radius 3 is 2.71 bits per heavy atom. The van der Waals surface area contributed by atoms with Crippen molar-refractivity contribution in [3.8, 4) is 0 Å². The van der Waals surface area contributed by atoms with Crippen molar-refractivity contribution in [2.45, 2.75) is 38.4 Å². The summed E-state index contributed by atoms with van der Waals surface area (Å²) < 4.78 is 29.6. The molecule has 0 spiro atoms. The molecule has 0 radical (unpaired) electrons. The number of fused-ring (bicyclic) bond motifs is 1. The molecule has 2 heterocycles. The van der Waals surface area contributed by atoms with E-state index in [0.29, 0.717) is 5.16 Å². The Kier molecular flexibility index (Phi) is 5.78. The molecule has 1 aromatic carbocycles. The maximum atomic E-state index is 14.4.